The van der Waals surface area contributed by atoms with E-state index in [2.05, 4.69) is 15.2 Å². The number of halogens is 4. The molecule has 0 N–H and O–H groups in total. The van der Waals surface area contributed by atoms with Crippen molar-refractivity contribution in [2.75, 3.05) is 5.75 Å². The summed E-state index contributed by atoms with van der Waals surface area (Å²) in [6.07, 6.45) is -4.63. The molecular formula is C13H10F3IN4O2S2. The molecule has 0 atom stereocenters. The fourth-order valence-electron chi connectivity index (χ4n) is 2.22. The van der Waals surface area contributed by atoms with Crippen molar-refractivity contribution in [3.05, 3.63) is 20.7 Å². The normalized spacial score (nSPS) is 12.9. The predicted molar refractivity (Wildman–Crippen MR) is 95.1 cm³/mol. The molecule has 0 bridgehead atoms. The summed E-state index contributed by atoms with van der Waals surface area (Å²) < 4.78 is 65.2. The van der Waals surface area contributed by atoms with Crippen molar-refractivity contribution in [2.45, 2.75) is 18.0 Å². The minimum Gasteiger partial charge on any atom is -0.310 e. The Morgan fingerprint density at radius 3 is 2.56 bits per heavy atom. The third kappa shape index (κ3) is 3.26. The zero-order chi connectivity index (χ0) is 18.6. The van der Waals surface area contributed by atoms with Crippen LogP contribution in [0.5, 0.6) is 0 Å². The molecule has 0 amide bonds. The Hall–Kier alpha value is -1.28. The Morgan fingerprint density at radius 1 is 1.28 bits per heavy atom. The number of fused-ring (bicyclic) bond motifs is 1. The van der Waals surface area contributed by atoms with Gasteiger partial charge in [0.25, 0.3) is 0 Å². The first-order valence-electron chi connectivity index (χ1n) is 6.84. The zero-order valence-corrected chi connectivity index (χ0v) is 16.6. The third-order valence-corrected chi connectivity index (χ3v) is 7.27. The van der Waals surface area contributed by atoms with E-state index in [0.29, 0.717) is 4.88 Å². The summed E-state index contributed by atoms with van der Waals surface area (Å²) in [6, 6.07) is 2.34. The van der Waals surface area contributed by atoms with E-state index in [0.717, 1.165) is 8.95 Å². The van der Waals surface area contributed by atoms with Crippen molar-refractivity contribution in [1.29, 1.82) is 0 Å². The van der Waals surface area contributed by atoms with Crippen molar-refractivity contribution in [3.63, 3.8) is 0 Å². The second-order valence-electron chi connectivity index (χ2n) is 5.08. The van der Waals surface area contributed by atoms with Crippen LogP contribution in [0, 0.1) is 2.88 Å². The molecule has 134 valence electrons. The van der Waals surface area contributed by atoms with Gasteiger partial charge < -0.3 is 4.57 Å². The lowest BCUT2D eigenvalue weighted by atomic mass is 10.3. The molecule has 3 aromatic rings. The summed E-state index contributed by atoms with van der Waals surface area (Å²) in [5.41, 5.74) is -0.999. The maximum atomic E-state index is 12.8. The number of nitrogens with zero attached hydrogens (tertiary/aromatic N) is 4. The van der Waals surface area contributed by atoms with Crippen LogP contribution in [0.25, 0.3) is 21.9 Å². The number of sulfone groups is 1. The highest BCUT2D eigenvalue weighted by Gasteiger charge is 2.34. The number of rotatable bonds is 3. The first-order chi connectivity index (χ1) is 11.5. The molecule has 0 aromatic carbocycles. The maximum absolute atomic E-state index is 12.8. The second kappa shape index (κ2) is 6.16. The van der Waals surface area contributed by atoms with Crippen LogP contribution >= 0.6 is 33.9 Å². The average Bonchev–Trinajstić information content (AvgIpc) is 3.07. The highest BCUT2D eigenvalue weighted by Crippen LogP contribution is 2.37. The Morgan fingerprint density at radius 2 is 1.96 bits per heavy atom. The molecule has 6 nitrogen and oxygen atoms in total. The first-order valence-corrected chi connectivity index (χ1v) is 10.4. The lowest BCUT2D eigenvalue weighted by Crippen LogP contribution is -2.09. The number of aryl methyl sites for hydroxylation is 1. The number of aromatic nitrogens is 4. The number of hydrogen-bond acceptors (Lipinski definition) is 6. The summed E-state index contributed by atoms with van der Waals surface area (Å²) in [4.78, 5) is 4.67. The number of thiophene rings is 1. The Balaban J connectivity index is 2.26. The third-order valence-electron chi connectivity index (χ3n) is 3.49. The minimum absolute atomic E-state index is 0.00285. The lowest BCUT2D eigenvalue weighted by Gasteiger charge is -2.04. The summed E-state index contributed by atoms with van der Waals surface area (Å²) >= 11 is 3.20. The summed E-state index contributed by atoms with van der Waals surface area (Å²) in [7, 11) is -1.95. The fourth-order valence-corrected chi connectivity index (χ4v) is 5.77. The molecule has 0 fully saturated rings. The van der Waals surface area contributed by atoms with E-state index in [-0.39, 0.29) is 27.6 Å². The number of imidazole rings is 1. The van der Waals surface area contributed by atoms with E-state index in [1.54, 1.807) is 7.05 Å². The van der Waals surface area contributed by atoms with Gasteiger partial charge in [0, 0.05) is 13.1 Å². The number of alkyl halides is 3. The molecule has 0 saturated carbocycles. The molecule has 0 radical (unpaired) electrons. The fraction of sp³-hybridized carbons (Fsp3) is 0.308. The summed E-state index contributed by atoms with van der Waals surface area (Å²) in [5.74, 6) is 0.151. The standard InChI is InChI=1S/C13H10F3IN4O2S2/c1-3-25(22,23)7-5-9(17)24-10(7)12-18-6-4-8(13(14,15)16)19-20-11(6)21(12)2/h4-5H,3H2,1-2H3. The molecule has 0 spiro atoms. The zero-order valence-electron chi connectivity index (χ0n) is 12.8. The van der Waals surface area contributed by atoms with Gasteiger partial charge in [0.05, 0.1) is 18.4 Å². The van der Waals surface area contributed by atoms with Gasteiger partial charge in [0.1, 0.15) is 5.52 Å². The Labute approximate surface area is 158 Å². The highest BCUT2D eigenvalue weighted by molar-refractivity contribution is 14.1. The van der Waals surface area contributed by atoms with Crippen molar-refractivity contribution in [3.8, 4) is 10.7 Å². The van der Waals surface area contributed by atoms with E-state index in [4.69, 9.17) is 0 Å². The molecule has 0 aliphatic carbocycles. The minimum atomic E-state index is -4.63. The Kier molecular flexibility index (Phi) is 4.56. The van der Waals surface area contributed by atoms with E-state index < -0.39 is 21.7 Å². The molecule has 0 aliphatic heterocycles. The van der Waals surface area contributed by atoms with E-state index in [1.165, 1.54) is 28.9 Å². The Bertz CT molecular complexity index is 1070. The lowest BCUT2D eigenvalue weighted by molar-refractivity contribution is -0.141. The van der Waals surface area contributed by atoms with Gasteiger partial charge in [0.15, 0.2) is 27.0 Å². The van der Waals surface area contributed by atoms with Crippen LogP contribution in [0.3, 0.4) is 0 Å². The molecule has 3 aromatic heterocycles. The highest BCUT2D eigenvalue weighted by atomic mass is 127. The van der Waals surface area contributed by atoms with Crippen LogP contribution in [0.4, 0.5) is 13.2 Å². The molecule has 3 rings (SSSR count). The van der Waals surface area contributed by atoms with Crippen LogP contribution in [0.2, 0.25) is 0 Å². The second-order valence-corrected chi connectivity index (χ2v) is 10.3. The largest absolute Gasteiger partial charge is 0.435 e. The van der Waals surface area contributed by atoms with E-state index in [1.807, 2.05) is 22.6 Å². The van der Waals surface area contributed by atoms with Crippen LogP contribution in [-0.2, 0) is 23.1 Å². The van der Waals surface area contributed by atoms with Crippen molar-refractivity contribution in [1.82, 2.24) is 19.7 Å². The van der Waals surface area contributed by atoms with Crippen LogP contribution in [-0.4, -0.2) is 33.9 Å². The van der Waals surface area contributed by atoms with Gasteiger partial charge >= 0.3 is 6.18 Å². The molecule has 0 saturated heterocycles. The maximum Gasteiger partial charge on any atom is 0.435 e. The van der Waals surface area contributed by atoms with Gasteiger partial charge in [-0.05, 0) is 28.7 Å². The van der Waals surface area contributed by atoms with Crippen molar-refractivity contribution >= 4 is 54.9 Å². The SMILES string of the molecule is CCS(=O)(=O)c1cc(I)sc1-c1nc2cc(C(F)(F)F)nnc2n1C. The first kappa shape index (κ1) is 18.5. The topological polar surface area (TPSA) is 77.7 Å². The van der Waals surface area contributed by atoms with Crippen molar-refractivity contribution < 1.29 is 21.6 Å². The van der Waals surface area contributed by atoms with E-state index >= 15 is 0 Å². The van der Waals surface area contributed by atoms with Gasteiger partial charge in [0.2, 0.25) is 0 Å². The summed E-state index contributed by atoms with van der Waals surface area (Å²) in [5, 5.41) is 6.78. The van der Waals surface area contributed by atoms with Gasteiger partial charge in [-0.25, -0.2) is 13.4 Å². The molecule has 0 unspecified atom stereocenters. The van der Waals surface area contributed by atoms with Gasteiger partial charge in [-0.2, -0.15) is 13.2 Å². The molecule has 25 heavy (non-hydrogen) atoms. The van der Waals surface area contributed by atoms with Crippen LogP contribution in [0.15, 0.2) is 17.0 Å². The predicted octanol–water partition coefficient (Wildman–Crippen LogP) is 3.51. The monoisotopic (exact) mass is 502 g/mol. The summed E-state index contributed by atoms with van der Waals surface area (Å²) in [6.45, 7) is 1.53. The van der Waals surface area contributed by atoms with Gasteiger partial charge in [-0.15, -0.1) is 21.5 Å². The van der Waals surface area contributed by atoms with Crippen LogP contribution < -0.4 is 0 Å². The quantitative estimate of drug-likeness (QED) is 0.513. The molecule has 12 heteroatoms. The van der Waals surface area contributed by atoms with Gasteiger partial charge in [-0.3, -0.25) is 0 Å². The smallest absolute Gasteiger partial charge is 0.310 e. The average molecular weight is 502 g/mol. The molecule has 0 aliphatic rings. The van der Waals surface area contributed by atoms with Gasteiger partial charge in [-0.1, -0.05) is 6.92 Å². The van der Waals surface area contributed by atoms with Crippen LogP contribution in [0.1, 0.15) is 12.6 Å². The van der Waals surface area contributed by atoms with Crippen molar-refractivity contribution in [2.24, 2.45) is 7.05 Å². The molecule has 3 heterocycles. The van der Waals surface area contributed by atoms with E-state index in [9.17, 15) is 21.6 Å². The molecular weight excluding hydrogens is 492 g/mol. The number of hydrogen-bond donors (Lipinski definition) is 0.